The molecule has 0 spiro atoms. The summed E-state index contributed by atoms with van der Waals surface area (Å²) in [4.78, 5) is 17.5. The van der Waals surface area contributed by atoms with Crippen LogP contribution in [-0.4, -0.2) is 29.1 Å². The van der Waals surface area contributed by atoms with E-state index in [0.29, 0.717) is 23.1 Å². The van der Waals surface area contributed by atoms with Gasteiger partial charge in [0.05, 0.1) is 9.88 Å². The fourth-order valence-corrected chi connectivity index (χ4v) is 3.36. The maximum Gasteiger partial charge on any atom is 0.268 e. The smallest absolute Gasteiger partial charge is 0.268 e. The standard InChI is InChI=1S/C18H19FN4O2S/c1-10-7-15(22-17(24)12-5-4-6-13(19)9-12)26-16(10)18-21-14(23-25-18)8-11(2)20-3/h4-7,9,11,20H,8H2,1-3H3,(H,22,24). The van der Waals surface area contributed by atoms with Crippen molar-refractivity contribution >= 4 is 22.2 Å². The van der Waals surface area contributed by atoms with Crippen LogP contribution >= 0.6 is 11.3 Å². The number of thiophene rings is 1. The zero-order valence-corrected chi connectivity index (χ0v) is 15.5. The highest BCUT2D eigenvalue weighted by molar-refractivity contribution is 7.19. The van der Waals surface area contributed by atoms with Crippen LogP contribution in [0.2, 0.25) is 0 Å². The molecule has 1 aromatic carbocycles. The summed E-state index contributed by atoms with van der Waals surface area (Å²) in [5.41, 5.74) is 1.18. The van der Waals surface area contributed by atoms with Crippen LogP contribution in [0.4, 0.5) is 9.39 Å². The summed E-state index contributed by atoms with van der Waals surface area (Å²) in [6, 6.07) is 7.63. The first kappa shape index (κ1) is 18.2. The summed E-state index contributed by atoms with van der Waals surface area (Å²) in [6.07, 6.45) is 0.660. The molecule has 3 aromatic rings. The van der Waals surface area contributed by atoms with Crippen LogP contribution in [0.5, 0.6) is 0 Å². The van der Waals surface area contributed by atoms with Gasteiger partial charge in [0.1, 0.15) is 5.82 Å². The lowest BCUT2D eigenvalue weighted by Gasteiger charge is -2.04. The maximum absolute atomic E-state index is 13.3. The third kappa shape index (κ3) is 4.14. The van der Waals surface area contributed by atoms with Gasteiger partial charge in [-0.2, -0.15) is 4.98 Å². The van der Waals surface area contributed by atoms with Crippen molar-refractivity contribution in [1.29, 1.82) is 0 Å². The number of rotatable bonds is 6. The zero-order chi connectivity index (χ0) is 18.7. The van der Waals surface area contributed by atoms with Crippen LogP contribution in [0, 0.1) is 12.7 Å². The predicted octanol–water partition coefficient (Wildman–Crippen LogP) is 3.65. The van der Waals surface area contributed by atoms with Crippen LogP contribution in [0.15, 0.2) is 34.9 Å². The first-order valence-corrected chi connectivity index (χ1v) is 8.95. The molecular formula is C18H19FN4O2S. The Labute approximate surface area is 154 Å². The number of carbonyl (C=O) groups excluding carboxylic acids is 1. The number of aryl methyl sites for hydroxylation is 1. The second-order valence-corrected chi connectivity index (χ2v) is 7.05. The van der Waals surface area contributed by atoms with Crippen molar-refractivity contribution in [2.75, 3.05) is 12.4 Å². The lowest BCUT2D eigenvalue weighted by atomic mass is 10.2. The van der Waals surface area contributed by atoms with Crippen molar-refractivity contribution in [3.05, 3.63) is 53.1 Å². The van der Waals surface area contributed by atoms with E-state index in [9.17, 15) is 9.18 Å². The highest BCUT2D eigenvalue weighted by atomic mass is 32.1. The number of aromatic nitrogens is 2. The molecule has 8 heteroatoms. The number of carbonyl (C=O) groups is 1. The van der Waals surface area contributed by atoms with Gasteiger partial charge in [-0.3, -0.25) is 4.79 Å². The third-order valence-electron chi connectivity index (χ3n) is 3.89. The van der Waals surface area contributed by atoms with Gasteiger partial charge in [0.25, 0.3) is 11.8 Å². The number of benzene rings is 1. The minimum atomic E-state index is -0.449. The first-order chi connectivity index (χ1) is 12.5. The van der Waals surface area contributed by atoms with Crippen molar-refractivity contribution < 1.29 is 13.7 Å². The zero-order valence-electron chi connectivity index (χ0n) is 14.7. The van der Waals surface area contributed by atoms with Crippen molar-refractivity contribution in [2.24, 2.45) is 0 Å². The van der Waals surface area contributed by atoms with Crippen molar-refractivity contribution in [3.63, 3.8) is 0 Å². The minimum absolute atomic E-state index is 0.242. The number of nitrogens with zero attached hydrogens (tertiary/aromatic N) is 2. The second kappa shape index (κ2) is 7.76. The van der Waals surface area contributed by atoms with E-state index in [1.165, 1.54) is 29.5 Å². The number of nitrogens with one attached hydrogen (secondary N) is 2. The number of hydrogen-bond donors (Lipinski definition) is 2. The van der Waals surface area contributed by atoms with E-state index in [1.807, 2.05) is 27.0 Å². The number of hydrogen-bond acceptors (Lipinski definition) is 6. The molecule has 2 heterocycles. The Morgan fingerprint density at radius 1 is 1.38 bits per heavy atom. The number of amides is 1. The number of anilines is 1. The molecule has 0 bridgehead atoms. The van der Waals surface area contributed by atoms with Gasteiger partial charge in [0.15, 0.2) is 5.82 Å². The molecule has 0 radical (unpaired) electrons. The van der Waals surface area contributed by atoms with Gasteiger partial charge in [-0.25, -0.2) is 4.39 Å². The molecule has 1 amide bonds. The quantitative estimate of drug-likeness (QED) is 0.688. The summed E-state index contributed by atoms with van der Waals surface area (Å²) in [7, 11) is 1.88. The van der Waals surface area contributed by atoms with E-state index < -0.39 is 5.82 Å². The summed E-state index contributed by atoms with van der Waals surface area (Å²) in [6.45, 7) is 3.94. The lowest BCUT2D eigenvalue weighted by Crippen LogP contribution is -2.24. The highest BCUT2D eigenvalue weighted by Gasteiger charge is 2.17. The predicted molar refractivity (Wildman–Crippen MR) is 98.9 cm³/mol. The first-order valence-electron chi connectivity index (χ1n) is 8.14. The molecule has 3 rings (SSSR count). The van der Waals surface area contributed by atoms with Crippen molar-refractivity contribution in [3.8, 4) is 10.8 Å². The van der Waals surface area contributed by atoms with Crippen LogP contribution < -0.4 is 10.6 Å². The minimum Gasteiger partial charge on any atom is -0.333 e. The molecular weight excluding hydrogens is 355 g/mol. The third-order valence-corrected chi connectivity index (χ3v) is 5.03. The molecule has 26 heavy (non-hydrogen) atoms. The molecule has 0 aliphatic heterocycles. The Hall–Kier alpha value is -2.58. The molecule has 6 nitrogen and oxygen atoms in total. The van der Waals surface area contributed by atoms with Gasteiger partial charge in [-0.1, -0.05) is 11.2 Å². The Kier molecular flexibility index (Phi) is 5.43. The van der Waals surface area contributed by atoms with Crippen molar-refractivity contribution in [1.82, 2.24) is 15.5 Å². The molecule has 1 atom stereocenters. The van der Waals surface area contributed by atoms with Crippen LogP contribution in [0.1, 0.15) is 28.7 Å². The molecule has 0 saturated carbocycles. The molecule has 2 N–H and O–H groups in total. The molecule has 0 saturated heterocycles. The van der Waals surface area contributed by atoms with Gasteiger partial charge >= 0.3 is 0 Å². The Morgan fingerprint density at radius 2 is 2.19 bits per heavy atom. The van der Waals surface area contributed by atoms with Gasteiger partial charge in [-0.15, -0.1) is 11.3 Å². The topological polar surface area (TPSA) is 80.0 Å². The van der Waals surface area contributed by atoms with E-state index in [4.69, 9.17) is 4.52 Å². The van der Waals surface area contributed by atoms with Gasteiger partial charge in [0.2, 0.25) is 0 Å². The fraction of sp³-hybridized carbons (Fsp3) is 0.278. The molecule has 2 aromatic heterocycles. The van der Waals surface area contributed by atoms with E-state index in [-0.39, 0.29) is 17.5 Å². The largest absolute Gasteiger partial charge is 0.333 e. The summed E-state index contributed by atoms with van der Waals surface area (Å²) in [5, 5.41) is 10.5. The van der Waals surface area contributed by atoms with Gasteiger partial charge in [0, 0.05) is 18.0 Å². The van der Waals surface area contributed by atoms with Crippen LogP contribution in [-0.2, 0) is 6.42 Å². The Morgan fingerprint density at radius 3 is 2.92 bits per heavy atom. The van der Waals surface area contributed by atoms with Crippen LogP contribution in [0.3, 0.4) is 0 Å². The average molecular weight is 374 g/mol. The number of halogens is 1. The summed E-state index contributed by atoms with van der Waals surface area (Å²) >= 11 is 1.34. The van der Waals surface area contributed by atoms with E-state index in [2.05, 4.69) is 20.8 Å². The molecule has 0 fully saturated rings. The second-order valence-electron chi connectivity index (χ2n) is 6.00. The normalized spacial score (nSPS) is 12.2. The fourth-order valence-electron chi connectivity index (χ4n) is 2.37. The highest BCUT2D eigenvalue weighted by Crippen LogP contribution is 2.34. The van der Waals surface area contributed by atoms with Gasteiger partial charge < -0.3 is 15.2 Å². The molecule has 1 unspecified atom stereocenters. The molecule has 0 aliphatic carbocycles. The Bertz CT molecular complexity index is 922. The van der Waals surface area contributed by atoms with Crippen LogP contribution in [0.25, 0.3) is 10.8 Å². The summed E-state index contributed by atoms with van der Waals surface area (Å²) in [5.74, 6) is 0.235. The average Bonchev–Trinajstić information content (AvgIpc) is 3.21. The number of likely N-dealkylation sites (N-methyl/N-ethyl adjacent to an activating group) is 1. The maximum atomic E-state index is 13.3. The van der Waals surface area contributed by atoms with E-state index in [0.717, 1.165) is 10.4 Å². The van der Waals surface area contributed by atoms with Crippen molar-refractivity contribution in [2.45, 2.75) is 26.3 Å². The lowest BCUT2D eigenvalue weighted by molar-refractivity contribution is 0.102. The Balaban J connectivity index is 1.76. The summed E-state index contributed by atoms with van der Waals surface area (Å²) < 4.78 is 18.6. The van der Waals surface area contributed by atoms with Gasteiger partial charge in [-0.05, 0) is 50.7 Å². The van der Waals surface area contributed by atoms with E-state index in [1.54, 1.807) is 6.07 Å². The SMILES string of the molecule is CNC(C)Cc1noc(-c2sc(NC(=O)c3cccc(F)c3)cc2C)n1. The monoisotopic (exact) mass is 374 g/mol. The molecule has 0 aliphatic rings. The molecule has 136 valence electrons. The van der Waals surface area contributed by atoms with E-state index >= 15 is 0 Å².